The maximum absolute atomic E-state index is 12.8. The van der Waals surface area contributed by atoms with Crippen LogP contribution in [0.4, 0.5) is 19.0 Å². The quantitative estimate of drug-likeness (QED) is 0.274. The van der Waals surface area contributed by atoms with E-state index in [1.807, 2.05) is 11.8 Å². The molecule has 0 aliphatic carbocycles. The summed E-state index contributed by atoms with van der Waals surface area (Å²) in [7, 11) is 1.37. The zero-order valence-corrected chi connectivity index (χ0v) is 17.8. The molecule has 30 heavy (non-hydrogen) atoms. The minimum atomic E-state index is -4.47. The third kappa shape index (κ3) is 7.23. The summed E-state index contributed by atoms with van der Waals surface area (Å²) in [6.07, 6.45) is -1.07. The number of nitrogens with one attached hydrogen (secondary N) is 2. The highest BCUT2D eigenvalue weighted by atomic mass is 35.5. The van der Waals surface area contributed by atoms with Crippen molar-refractivity contribution in [2.75, 3.05) is 38.2 Å². The van der Waals surface area contributed by atoms with E-state index in [0.29, 0.717) is 50.8 Å². The average Bonchev–Trinajstić information content (AvgIpc) is 3.14. The van der Waals surface area contributed by atoms with Gasteiger partial charge in [-0.1, -0.05) is 11.6 Å². The lowest BCUT2D eigenvalue weighted by Crippen LogP contribution is -2.44. The number of halogens is 4. The van der Waals surface area contributed by atoms with E-state index in [0.717, 1.165) is 25.1 Å². The van der Waals surface area contributed by atoms with Gasteiger partial charge in [-0.05, 0) is 32.3 Å². The minimum Gasteiger partial charge on any atom is -0.469 e. The fourth-order valence-electron chi connectivity index (χ4n) is 3.08. The number of guanidine groups is 1. The van der Waals surface area contributed by atoms with E-state index >= 15 is 0 Å². The van der Waals surface area contributed by atoms with Gasteiger partial charge in [0.2, 0.25) is 0 Å². The number of ether oxygens (including phenoxy) is 1. The summed E-state index contributed by atoms with van der Waals surface area (Å²) in [5.74, 6) is 0.776. The lowest BCUT2D eigenvalue weighted by atomic mass is 10.2. The van der Waals surface area contributed by atoms with Crippen molar-refractivity contribution in [3.63, 3.8) is 0 Å². The molecule has 1 aromatic rings. The molecule has 1 unspecified atom stereocenters. The van der Waals surface area contributed by atoms with Crippen molar-refractivity contribution in [2.45, 2.75) is 44.8 Å². The molecular weight excluding hydrogens is 423 g/mol. The molecule has 2 heterocycles. The molecular formula is C19H27ClF3N5O2. The van der Waals surface area contributed by atoms with E-state index in [2.05, 4.69) is 25.3 Å². The highest BCUT2D eigenvalue weighted by molar-refractivity contribution is 6.33. The van der Waals surface area contributed by atoms with Crippen LogP contribution in [-0.4, -0.2) is 56.2 Å². The highest BCUT2D eigenvalue weighted by Gasteiger charge is 2.33. The van der Waals surface area contributed by atoms with Crippen LogP contribution in [-0.2, 0) is 15.7 Å². The monoisotopic (exact) mass is 449 g/mol. The SMILES string of the molecule is CCNC(=NCCCCC(=O)OC)NC1CCN(c2ncc(C(F)(F)F)cc2Cl)C1. The number of rotatable bonds is 8. The first kappa shape index (κ1) is 24.0. The Hall–Kier alpha value is -2.23. The van der Waals surface area contributed by atoms with Crippen molar-refractivity contribution in [1.82, 2.24) is 15.6 Å². The zero-order chi connectivity index (χ0) is 22.1. The Morgan fingerprint density at radius 1 is 1.43 bits per heavy atom. The van der Waals surface area contributed by atoms with Crippen LogP contribution in [0.1, 0.15) is 38.2 Å². The number of methoxy groups -OCH3 is 1. The maximum Gasteiger partial charge on any atom is 0.417 e. The number of carbonyl (C=O) groups is 1. The molecule has 1 atom stereocenters. The zero-order valence-electron chi connectivity index (χ0n) is 17.1. The van der Waals surface area contributed by atoms with Crippen LogP contribution in [0.5, 0.6) is 0 Å². The fourth-order valence-corrected chi connectivity index (χ4v) is 3.36. The van der Waals surface area contributed by atoms with Gasteiger partial charge in [0.25, 0.3) is 0 Å². The van der Waals surface area contributed by atoms with Crippen molar-refractivity contribution >= 4 is 29.3 Å². The molecule has 0 bridgehead atoms. The van der Waals surface area contributed by atoms with E-state index in [1.165, 1.54) is 7.11 Å². The number of hydrogen-bond donors (Lipinski definition) is 2. The normalized spacial score (nSPS) is 17.2. The van der Waals surface area contributed by atoms with E-state index in [9.17, 15) is 18.0 Å². The number of nitrogens with zero attached hydrogens (tertiary/aromatic N) is 3. The van der Waals surface area contributed by atoms with Gasteiger partial charge in [0, 0.05) is 44.8 Å². The van der Waals surface area contributed by atoms with Crippen LogP contribution < -0.4 is 15.5 Å². The maximum atomic E-state index is 12.8. The Bertz CT molecular complexity index is 745. The molecule has 0 aromatic carbocycles. The van der Waals surface area contributed by atoms with Crippen molar-refractivity contribution in [3.05, 3.63) is 22.8 Å². The summed E-state index contributed by atoms with van der Waals surface area (Å²) in [5.41, 5.74) is -0.862. The molecule has 2 N–H and O–H groups in total. The van der Waals surface area contributed by atoms with Gasteiger partial charge in [-0.15, -0.1) is 0 Å². The first-order chi connectivity index (χ1) is 14.2. The average molecular weight is 450 g/mol. The molecule has 7 nitrogen and oxygen atoms in total. The molecule has 1 aliphatic rings. The molecule has 1 aliphatic heterocycles. The Morgan fingerprint density at radius 2 is 2.20 bits per heavy atom. The Kier molecular flexibility index (Phi) is 9.01. The van der Waals surface area contributed by atoms with Crippen molar-refractivity contribution in [2.24, 2.45) is 4.99 Å². The van der Waals surface area contributed by atoms with E-state index in [1.54, 1.807) is 0 Å². The largest absolute Gasteiger partial charge is 0.469 e. The van der Waals surface area contributed by atoms with E-state index in [4.69, 9.17) is 11.6 Å². The van der Waals surface area contributed by atoms with Crippen molar-refractivity contribution in [1.29, 1.82) is 0 Å². The van der Waals surface area contributed by atoms with Gasteiger partial charge < -0.3 is 20.3 Å². The van der Waals surface area contributed by atoms with Crippen LogP contribution >= 0.6 is 11.6 Å². The number of hydrogen-bond acceptors (Lipinski definition) is 5. The van der Waals surface area contributed by atoms with Gasteiger partial charge in [-0.3, -0.25) is 9.79 Å². The van der Waals surface area contributed by atoms with E-state index in [-0.39, 0.29) is 17.0 Å². The van der Waals surface area contributed by atoms with Gasteiger partial charge in [0.15, 0.2) is 5.96 Å². The number of unbranched alkanes of at least 4 members (excludes halogenated alkanes) is 1. The molecule has 11 heteroatoms. The molecule has 1 fully saturated rings. The smallest absolute Gasteiger partial charge is 0.417 e. The van der Waals surface area contributed by atoms with Crippen LogP contribution in [0.25, 0.3) is 0 Å². The molecule has 0 saturated carbocycles. The standard InChI is InChI=1S/C19H27ClF3N5O2/c1-3-24-18(25-8-5-4-6-16(29)30-2)27-14-7-9-28(12-14)17-15(20)10-13(11-26-17)19(21,22)23/h10-11,14H,3-9,12H2,1-2H3,(H2,24,25,27). The number of aliphatic imine (C=N–C) groups is 1. The summed E-state index contributed by atoms with van der Waals surface area (Å²) >= 11 is 6.06. The minimum absolute atomic E-state index is 0.0170. The Balaban J connectivity index is 1.90. The number of esters is 1. The molecule has 0 radical (unpaired) electrons. The van der Waals surface area contributed by atoms with Gasteiger partial charge in [-0.25, -0.2) is 4.98 Å². The number of aromatic nitrogens is 1. The van der Waals surface area contributed by atoms with Crippen LogP contribution in [0.3, 0.4) is 0 Å². The van der Waals surface area contributed by atoms with Gasteiger partial charge in [-0.2, -0.15) is 13.2 Å². The van der Waals surface area contributed by atoms with Gasteiger partial charge in [0.05, 0.1) is 17.7 Å². The summed E-state index contributed by atoms with van der Waals surface area (Å²) in [5, 5.41) is 6.49. The van der Waals surface area contributed by atoms with Gasteiger partial charge in [0.1, 0.15) is 5.82 Å². The predicted molar refractivity (Wildman–Crippen MR) is 110 cm³/mol. The lowest BCUT2D eigenvalue weighted by Gasteiger charge is -2.21. The third-order valence-corrected chi connectivity index (χ3v) is 4.89. The summed E-state index contributed by atoms with van der Waals surface area (Å²) in [6, 6.07) is 0.961. The predicted octanol–water partition coefficient (Wildman–Crippen LogP) is 3.23. The Morgan fingerprint density at radius 3 is 2.83 bits per heavy atom. The second-order valence-electron chi connectivity index (χ2n) is 6.90. The molecule has 1 saturated heterocycles. The highest BCUT2D eigenvalue weighted by Crippen LogP contribution is 2.34. The second kappa shape index (κ2) is 11.2. The summed E-state index contributed by atoms with van der Waals surface area (Å²) in [4.78, 5) is 21.4. The first-order valence-electron chi connectivity index (χ1n) is 9.84. The van der Waals surface area contributed by atoms with E-state index < -0.39 is 11.7 Å². The van der Waals surface area contributed by atoms with Crippen LogP contribution in [0.15, 0.2) is 17.3 Å². The number of pyridine rings is 1. The summed E-state index contributed by atoms with van der Waals surface area (Å²) < 4.78 is 43.0. The third-order valence-electron chi connectivity index (χ3n) is 4.61. The second-order valence-corrected chi connectivity index (χ2v) is 7.30. The van der Waals surface area contributed by atoms with Crippen LogP contribution in [0.2, 0.25) is 5.02 Å². The Labute approximate surface area is 179 Å². The van der Waals surface area contributed by atoms with Crippen LogP contribution in [0, 0.1) is 0 Å². The molecule has 2 rings (SSSR count). The van der Waals surface area contributed by atoms with Crippen molar-refractivity contribution in [3.8, 4) is 0 Å². The lowest BCUT2D eigenvalue weighted by molar-refractivity contribution is -0.140. The topological polar surface area (TPSA) is 78.8 Å². The number of anilines is 1. The molecule has 0 spiro atoms. The van der Waals surface area contributed by atoms with Gasteiger partial charge >= 0.3 is 12.1 Å². The summed E-state index contributed by atoms with van der Waals surface area (Å²) in [6.45, 7) is 4.38. The fraction of sp³-hybridized carbons (Fsp3) is 0.632. The first-order valence-corrected chi connectivity index (χ1v) is 10.2. The molecule has 1 aromatic heterocycles. The molecule has 0 amide bonds. The number of carbonyl (C=O) groups excluding carboxylic acids is 1. The number of alkyl halides is 3. The van der Waals surface area contributed by atoms with Crippen molar-refractivity contribution < 1.29 is 22.7 Å². The molecule has 168 valence electrons.